The van der Waals surface area contributed by atoms with Crippen molar-refractivity contribution in [3.8, 4) is 0 Å². The summed E-state index contributed by atoms with van der Waals surface area (Å²) in [6.45, 7) is 7.77. The van der Waals surface area contributed by atoms with Crippen molar-refractivity contribution in [3.05, 3.63) is 69.7 Å². The lowest BCUT2D eigenvalue weighted by Gasteiger charge is -2.31. The number of hydrogen-bond acceptors (Lipinski definition) is 2. The van der Waals surface area contributed by atoms with Crippen LogP contribution in [0.15, 0.2) is 48.5 Å². The van der Waals surface area contributed by atoms with E-state index >= 15 is 0 Å². The largest absolute Gasteiger partial charge is 0.350 e. The third-order valence-corrected chi connectivity index (χ3v) is 5.21. The SMILES string of the molecule is C[C@H](C(=O)NC(C)(C)C)N(Cc1ccc(Cl)c(Cl)c1)C(=O)CCc1ccccc1. The van der Waals surface area contributed by atoms with E-state index in [9.17, 15) is 9.59 Å². The number of hydrogen-bond donors (Lipinski definition) is 1. The van der Waals surface area contributed by atoms with E-state index < -0.39 is 6.04 Å². The lowest BCUT2D eigenvalue weighted by atomic mass is 10.1. The van der Waals surface area contributed by atoms with Gasteiger partial charge in [0.2, 0.25) is 11.8 Å². The fourth-order valence-electron chi connectivity index (χ4n) is 2.93. The van der Waals surface area contributed by atoms with Gasteiger partial charge in [0.05, 0.1) is 10.0 Å². The number of amides is 2. The van der Waals surface area contributed by atoms with Gasteiger partial charge in [-0.05, 0) is 57.4 Å². The molecule has 6 heteroatoms. The third-order valence-electron chi connectivity index (χ3n) is 4.47. The first-order chi connectivity index (χ1) is 13.6. The highest BCUT2D eigenvalue weighted by molar-refractivity contribution is 6.42. The predicted octanol–water partition coefficient (Wildman–Crippen LogP) is 5.26. The molecule has 0 fully saturated rings. The van der Waals surface area contributed by atoms with Gasteiger partial charge in [-0.15, -0.1) is 0 Å². The fourth-order valence-corrected chi connectivity index (χ4v) is 3.25. The van der Waals surface area contributed by atoms with Crippen LogP contribution in [0.1, 0.15) is 45.2 Å². The Bertz CT molecular complexity index is 848. The third kappa shape index (κ3) is 7.37. The number of carbonyl (C=O) groups is 2. The Morgan fingerprint density at radius 1 is 1.00 bits per heavy atom. The Morgan fingerprint density at radius 3 is 2.24 bits per heavy atom. The molecule has 0 unspecified atom stereocenters. The van der Waals surface area contributed by atoms with E-state index in [-0.39, 0.29) is 23.9 Å². The smallest absolute Gasteiger partial charge is 0.242 e. The molecule has 0 bridgehead atoms. The Labute approximate surface area is 183 Å². The van der Waals surface area contributed by atoms with Gasteiger partial charge in [0, 0.05) is 18.5 Å². The van der Waals surface area contributed by atoms with Gasteiger partial charge in [0.1, 0.15) is 6.04 Å². The van der Waals surface area contributed by atoms with Crippen molar-refractivity contribution in [1.82, 2.24) is 10.2 Å². The summed E-state index contributed by atoms with van der Waals surface area (Å²) in [5.41, 5.74) is 1.53. The Morgan fingerprint density at radius 2 is 1.66 bits per heavy atom. The molecule has 156 valence electrons. The number of carbonyl (C=O) groups excluding carboxylic acids is 2. The van der Waals surface area contributed by atoms with Crippen LogP contribution < -0.4 is 5.32 Å². The van der Waals surface area contributed by atoms with Crippen molar-refractivity contribution < 1.29 is 9.59 Å². The van der Waals surface area contributed by atoms with E-state index in [2.05, 4.69) is 5.32 Å². The molecule has 2 aromatic rings. The summed E-state index contributed by atoms with van der Waals surface area (Å²) >= 11 is 12.1. The second-order valence-electron chi connectivity index (χ2n) is 8.17. The van der Waals surface area contributed by atoms with Crippen molar-refractivity contribution in [1.29, 1.82) is 0 Å². The zero-order valence-corrected chi connectivity index (χ0v) is 18.8. The summed E-state index contributed by atoms with van der Waals surface area (Å²) in [5, 5.41) is 3.83. The molecule has 0 radical (unpaired) electrons. The summed E-state index contributed by atoms with van der Waals surface area (Å²) in [5.74, 6) is -0.276. The molecule has 0 aliphatic heterocycles. The second-order valence-corrected chi connectivity index (χ2v) is 8.99. The molecule has 0 spiro atoms. The van der Waals surface area contributed by atoms with Crippen LogP contribution >= 0.6 is 23.2 Å². The first-order valence-corrected chi connectivity index (χ1v) is 10.4. The van der Waals surface area contributed by atoms with Crippen LogP contribution in [-0.2, 0) is 22.6 Å². The maximum absolute atomic E-state index is 13.1. The molecule has 29 heavy (non-hydrogen) atoms. The summed E-state index contributed by atoms with van der Waals surface area (Å²) < 4.78 is 0. The number of nitrogens with zero attached hydrogens (tertiary/aromatic N) is 1. The molecule has 2 aromatic carbocycles. The maximum atomic E-state index is 13.1. The highest BCUT2D eigenvalue weighted by Crippen LogP contribution is 2.24. The minimum Gasteiger partial charge on any atom is -0.350 e. The highest BCUT2D eigenvalue weighted by Gasteiger charge is 2.28. The number of nitrogens with one attached hydrogen (secondary N) is 1. The summed E-state index contributed by atoms with van der Waals surface area (Å²) in [7, 11) is 0. The number of benzene rings is 2. The summed E-state index contributed by atoms with van der Waals surface area (Å²) in [6.07, 6.45) is 0.934. The summed E-state index contributed by atoms with van der Waals surface area (Å²) in [4.78, 5) is 27.4. The van der Waals surface area contributed by atoms with E-state index in [1.165, 1.54) is 0 Å². The average molecular weight is 435 g/mol. The first-order valence-electron chi connectivity index (χ1n) is 9.66. The standard InChI is InChI=1S/C23H28Cl2N2O2/c1-16(22(29)26-23(2,3)4)27(15-18-10-12-19(24)20(25)14-18)21(28)13-11-17-8-6-5-7-9-17/h5-10,12,14,16H,11,13,15H2,1-4H3,(H,26,29)/t16-/m1/s1. The van der Waals surface area contributed by atoms with Crippen LogP contribution in [0.25, 0.3) is 0 Å². The van der Waals surface area contributed by atoms with E-state index in [1.54, 1.807) is 24.0 Å². The molecule has 0 heterocycles. The van der Waals surface area contributed by atoms with E-state index in [1.807, 2.05) is 57.2 Å². The topological polar surface area (TPSA) is 49.4 Å². The second kappa shape index (κ2) is 10.1. The maximum Gasteiger partial charge on any atom is 0.242 e. The Balaban J connectivity index is 2.19. The van der Waals surface area contributed by atoms with Crippen molar-refractivity contribution >= 4 is 35.0 Å². The van der Waals surface area contributed by atoms with Crippen LogP contribution in [0.2, 0.25) is 10.0 Å². The van der Waals surface area contributed by atoms with Gasteiger partial charge in [-0.2, -0.15) is 0 Å². The molecule has 2 rings (SSSR count). The van der Waals surface area contributed by atoms with Crippen LogP contribution in [0, 0.1) is 0 Å². The van der Waals surface area contributed by atoms with Crippen molar-refractivity contribution in [2.45, 2.75) is 58.7 Å². The first kappa shape index (κ1) is 23.2. The van der Waals surface area contributed by atoms with Crippen LogP contribution in [0.3, 0.4) is 0 Å². The van der Waals surface area contributed by atoms with E-state index in [0.29, 0.717) is 22.9 Å². The molecule has 0 saturated heterocycles. The predicted molar refractivity (Wildman–Crippen MR) is 119 cm³/mol. The molecule has 0 aliphatic carbocycles. The molecule has 1 atom stereocenters. The van der Waals surface area contributed by atoms with Gasteiger partial charge in [0.15, 0.2) is 0 Å². The van der Waals surface area contributed by atoms with Gasteiger partial charge in [-0.1, -0.05) is 59.6 Å². The van der Waals surface area contributed by atoms with Crippen LogP contribution in [-0.4, -0.2) is 28.3 Å². The fraction of sp³-hybridized carbons (Fsp3) is 0.391. The van der Waals surface area contributed by atoms with Gasteiger partial charge in [-0.3, -0.25) is 9.59 Å². The van der Waals surface area contributed by atoms with E-state index in [4.69, 9.17) is 23.2 Å². The molecule has 4 nitrogen and oxygen atoms in total. The van der Waals surface area contributed by atoms with E-state index in [0.717, 1.165) is 11.1 Å². The van der Waals surface area contributed by atoms with Crippen LogP contribution in [0.5, 0.6) is 0 Å². The molecular weight excluding hydrogens is 407 g/mol. The van der Waals surface area contributed by atoms with Gasteiger partial charge >= 0.3 is 0 Å². The van der Waals surface area contributed by atoms with Crippen molar-refractivity contribution in [3.63, 3.8) is 0 Å². The molecule has 0 aromatic heterocycles. The normalized spacial score (nSPS) is 12.3. The minimum atomic E-state index is -0.619. The van der Waals surface area contributed by atoms with Crippen molar-refractivity contribution in [2.75, 3.05) is 0 Å². The lowest BCUT2D eigenvalue weighted by molar-refractivity contribution is -0.141. The Kier molecular flexibility index (Phi) is 8.12. The zero-order chi connectivity index (χ0) is 21.6. The van der Waals surface area contributed by atoms with Crippen LogP contribution in [0.4, 0.5) is 0 Å². The number of aryl methyl sites for hydroxylation is 1. The average Bonchev–Trinajstić information content (AvgIpc) is 2.66. The van der Waals surface area contributed by atoms with Gasteiger partial charge < -0.3 is 10.2 Å². The zero-order valence-electron chi connectivity index (χ0n) is 17.3. The molecule has 2 amide bonds. The van der Waals surface area contributed by atoms with Gasteiger partial charge in [-0.25, -0.2) is 0 Å². The highest BCUT2D eigenvalue weighted by atomic mass is 35.5. The quantitative estimate of drug-likeness (QED) is 0.645. The molecule has 1 N–H and O–H groups in total. The monoisotopic (exact) mass is 434 g/mol. The Hall–Kier alpha value is -2.04. The molecule has 0 aliphatic rings. The number of rotatable bonds is 7. The van der Waals surface area contributed by atoms with Gasteiger partial charge in [0.25, 0.3) is 0 Å². The van der Waals surface area contributed by atoms with Crippen molar-refractivity contribution in [2.24, 2.45) is 0 Å². The minimum absolute atomic E-state index is 0.0866. The molecule has 0 saturated carbocycles. The lowest BCUT2D eigenvalue weighted by Crippen LogP contribution is -2.52. The summed E-state index contributed by atoms with van der Waals surface area (Å²) in [6, 6.07) is 14.5. The number of halogens is 2. The molecular formula is C23H28Cl2N2O2.